The number of anilines is 2. The van der Waals surface area contributed by atoms with E-state index in [2.05, 4.69) is 17.4 Å². The summed E-state index contributed by atoms with van der Waals surface area (Å²) in [5, 5.41) is 3.22. The number of esters is 1. The summed E-state index contributed by atoms with van der Waals surface area (Å²) in [5.74, 6) is -0.531. The molecule has 0 saturated heterocycles. The minimum atomic E-state index is -0.762. The molecule has 1 heterocycles. The maximum atomic E-state index is 12.7. The van der Waals surface area contributed by atoms with Crippen LogP contribution >= 0.6 is 0 Å². The van der Waals surface area contributed by atoms with Gasteiger partial charge in [-0.05, 0) is 44.4 Å². The molecule has 0 aromatic heterocycles. The third-order valence-electron chi connectivity index (χ3n) is 4.42. The third kappa shape index (κ3) is 4.04. The van der Waals surface area contributed by atoms with E-state index < -0.39 is 5.54 Å². The van der Waals surface area contributed by atoms with Gasteiger partial charge in [0.2, 0.25) is 0 Å². The van der Waals surface area contributed by atoms with Crippen LogP contribution in [0.25, 0.3) is 0 Å². The Bertz CT molecular complexity index is 787. The summed E-state index contributed by atoms with van der Waals surface area (Å²) in [5.41, 5.74) is 2.01. The minimum absolute atomic E-state index is 0.0771. The van der Waals surface area contributed by atoms with Crippen LogP contribution < -0.4 is 10.2 Å². The van der Waals surface area contributed by atoms with Crippen molar-refractivity contribution in [2.45, 2.75) is 32.2 Å². The van der Waals surface area contributed by atoms with E-state index in [0.29, 0.717) is 12.3 Å². The summed E-state index contributed by atoms with van der Waals surface area (Å²) in [7, 11) is 0. The van der Waals surface area contributed by atoms with E-state index >= 15 is 0 Å². The van der Waals surface area contributed by atoms with E-state index in [0.717, 1.165) is 18.5 Å². The third-order valence-corrected chi connectivity index (χ3v) is 4.42. The van der Waals surface area contributed by atoms with Crippen molar-refractivity contribution in [3.8, 4) is 0 Å². The number of nitrogens with zero attached hydrogens (tertiary/aromatic N) is 1. The first-order valence-corrected chi connectivity index (χ1v) is 8.86. The van der Waals surface area contributed by atoms with Crippen molar-refractivity contribution >= 4 is 23.3 Å². The van der Waals surface area contributed by atoms with Crippen molar-refractivity contribution in [3.63, 3.8) is 0 Å². The molecule has 1 amide bonds. The Morgan fingerprint density at radius 1 is 1.08 bits per heavy atom. The lowest BCUT2D eigenvalue weighted by molar-refractivity contribution is -0.143. The molecule has 0 saturated carbocycles. The molecule has 0 radical (unpaired) electrons. The molecule has 26 heavy (non-hydrogen) atoms. The first-order chi connectivity index (χ1) is 12.5. The Morgan fingerprint density at radius 3 is 2.54 bits per heavy atom. The van der Waals surface area contributed by atoms with Crippen molar-refractivity contribution in [3.05, 3.63) is 60.2 Å². The molecule has 5 heteroatoms. The molecular weight excluding hydrogens is 328 g/mol. The quantitative estimate of drug-likeness (QED) is 0.639. The van der Waals surface area contributed by atoms with Gasteiger partial charge in [-0.3, -0.25) is 14.5 Å². The van der Waals surface area contributed by atoms with Gasteiger partial charge < -0.3 is 10.1 Å². The summed E-state index contributed by atoms with van der Waals surface area (Å²) in [6, 6.07) is 17.6. The Morgan fingerprint density at radius 2 is 1.77 bits per heavy atom. The predicted molar refractivity (Wildman–Crippen MR) is 102 cm³/mol. The van der Waals surface area contributed by atoms with Crippen LogP contribution in [0.2, 0.25) is 0 Å². The molecule has 0 bridgehead atoms. The molecule has 0 spiro atoms. The Hall–Kier alpha value is -2.82. The van der Waals surface area contributed by atoms with Gasteiger partial charge in [0.05, 0.1) is 18.0 Å². The summed E-state index contributed by atoms with van der Waals surface area (Å²) < 4.78 is 5.34. The van der Waals surface area contributed by atoms with E-state index in [-0.39, 0.29) is 18.4 Å². The van der Waals surface area contributed by atoms with Gasteiger partial charge in [0, 0.05) is 0 Å². The lowest BCUT2D eigenvalue weighted by Gasteiger charge is -2.39. The van der Waals surface area contributed by atoms with E-state index in [1.165, 1.54) is 10.5 Å². The van der Waals surface area contributed by atoms with Crippen molar-refractivity contribution in [2.24, 2.45) is 0 Å². The van der Waals surface area contributed by atoms with Gasteiger partial charge in [0.1, 0.15) is 12.1 Å². The highest BCUT2D eigenvalue weighted by Crippen LogP contribution is 2.34. The van der Waals surface area contributed by atoms with Gasteiger partial charge in [-0.2, -0.15) is 0 Å². The SMILES string of the molecule is CC1(C)Nc2ccccc2N(CC(=O)OCCCc2ccccc2)C1=O. The first kappa shape index (κ1) is 18.0. The number of nitrogens with one attached hydrogen (secondary N) is 1. The van der Waals surface area contributed by atoms with Crippen molar-refractivity contribution < 1.29 is 14.3 Å². The molecule has 5 nitrogen and oxygen atoms in total. The summed E-state index contributed by atoms with van der Waals surface area (Å²) in [6.07, 6.45) is 1.61. The Labute approximate surface area is 154 Å². The highest BCUT2D eigenvalue weighted by atomic mass is 16.5. The first-order valence-electron chi connectivity index (χ1n) is 8.86. The van der Waals surface area contributed by atoms with Gasteiger partial charge in [-0.1, -0.05) is 42.5 Å². The fraction of sp³-hybridized carbons (Fsp3) is 0.333. The monoisotopic (exact) mass is 352 g/mol. The van der Waals surface area contributed by atoms with Crippen LogP contribution in [-0.4, -0.2) is 30.6 Å². The second kappa shape index (κ2) is 7.60. The minimum Gasteiger partial charge on any atom is -0.464 e. The van der Waals surface area contributed by atoms with Crippen LogP contribution in [0.15, 0.2) is 54.6 Å². The number of ether oxygens (including phenoxy) is 1. The van der Waals surface area contributed by atoms with E-state index in [4.69, 9.17) is 4.74 Å². The summed E-state index contributed by atoms with van der Waals surface area (Å²) in [4.78, 5) is 26.5. The van der Waals surface area contributed by atoms with Crippen LogP contribution in [0.3, 0.4) is 0 Å². The largest absolute Gasteiger partial charge is 0.464 e. The number of amides is 1. The number of benzene rings is 2. The highest BCUT2D eigenvalue weighted by molar-refractivity contribution is 6.09. The molecule has 0 unspecified atom stereocenters. The topological polar surface area (TPSA) is 58.6 Å². The van der Waals surface area contributed by atoms with Crippen LogP contribution in [0.1, 0.15) is 25.8 Å². The predicted octanol–water partition coefficient (Wildman–Crippen LogP) is 3.40. The number of carbonyl (C=O) groups excluding carboxylic acids is 2. The number of hydrogen-bond acceptors (Lipinski definition) is 4. The molecule has 1 N–H and O–H groups in total. The zero-order valence-corrected chi connectivity index (χ0v) is 15.2. The fourth-order valence-corrected chi connectivity index (χ4v) is 3.09. The van der Waals surface area contributed by atoms with Gasteiger partial charge in [0.15, 0.2) is 0 Å². The zero-order chi connectivity index (χ0) is 18.6. The summed E-state index contributed by atoms with van der Waals surface area (Å²) >= 11 is 0. The molecule has 0 fully saturated rings. The van der Waals surface area contributed by atoms with Crippen molar-refractivity contribution in [2.75, 3.05) is 23.4 Å². The van der Waals surface area contributed by atoms with Gasteiger partial charge in [0.25, 0.3) is 5.91 Å². The van der Waals surface area contributed by atoms with Crippen LogP contribution in [-0.2, 0) is 20.7 Å². The Kier molecular flexibility index (Phi) is 5.26. The van der Waals surface area contributed by atoms with Crippen molar-refractivity contribution in [1.82, 2.24) is 0 Å². The van der Waals surface area contributed by atoms with Crippen molar-refractivity contribution in [1.29, 1.82) is 0 Å². The molecule has 1 aliphatic rings. The fourth-order valence-electron chi connectivity index (χ4n) is 3.09. The van der Waals surface area contributed by atoms with Crippen LogP contribution in [0, 0.1) is 0 Å². The Balaban J connectivity index is 1.57. The second-order valence-electron chi connectivity index (χ2n) is 6.97. The number of hydrogen-bond donors (Lipinski definition) is 1. The van der Waals surface area contributed by atoms with Crippen LogP contribution in [0.4, 0.5) is 11.4 Å². The normalized spacial score (nSPS) is 15.2. The van der Waals surface area contributed by atoms with Gasteiger partial charge in [-0.15, -0.1) is 0 Å². The highest BCUT2D eigenvalue weighted by Gasteiger charge is 2.39. The molecule has 0 aliphatic carbocycles. The summed E-state index contributed by atoms with van der Waals surface area (Å²) in [6.45, 7) is 3.89. The van der Waals surface area contributed by atoms with Gasteiger partial charge in [-0.25, -0.2) is 0 Å². The number of rotatable bonds is 6. The second-order valence-corrected chi connectivity index (χ2v) is 6.97. The number of carbonyl (C=O) groups is 2. The molecule has 2 aromatic carbocycles. The molecule has 2 aromatic rings. The molecule has 136 valence electrons. The molecular formula is C21H24N2O3. The standard InChI is InChI=1S/C21H24N2O3/c1-21(2)20(25)23(18-13-7-6-12-17(18)22-21)15-19(24)26-14-8-11-16-9-4-3-5-10-16/h3-7,9-10,12-13,22H,8,11,14-15H2,1-2H3. The molecule has 3 rings (SSSR count). The van der Waals surface area contributed by atoms with Gasteiger partial charge >= 0.3 is 5.97 Å². The van der Waals surface area contributed by atoms with Crippen LogP contribution in [0.5, 0.6) is 0 Å². The molecule has 1 aliphatic heterocycles. The number of aryl methyl sites for hydroxylation is 1. The smallest absolute Gasteiger partial charge is 0.326 e. The van der Waals surface area contributed by atoms with E-state index in [1.54, 1.807) is 0 Å². The molecule has 0 atom stereocenters. The average Bonchev–Trinajstić information content (AvgIpc) is 2.63. The van der Waals surface area contributed by atoms with E-state index in [1.807, 2.05) is 56.3 Å². The zero-order valence-electron chi connectivity index (χ0n) is 15.2. The maximum absolute atomic E-state index is 12.7. The average molecular weight is 352 g/mol. The lowest BCUT2D eigenvalue weighted by Crippen LogP contribution is -2.55. The number of para-hydroxylation sites is 2. The number of fused-ring (bicyclic) bond motifs is 1. The maximum Gasteiger partial charge on any atom is 0.326 e. The lowest BCUT2D eigenvalue weighted by atomic mass is 9.98. The van der Waals surface area contributed by atoms with E-state index in [9.17, 15) is 9.59 Å².